The number of nitrogens with one attached hydrogen (secondary N) is 1. The third kappa shape index (κ3) is 4.44. The highest BCUT2D eigenvalue weighted by atomic mass is 35.5. The Morgan fingerprint density at radius 3 is 2.58 bits per heavy atom. The van der Waals surface area contributed by atoms with Crippen molar-refractivity contribution in [2.24, 2.45) is 5.92 Å². The predicted molar refractivity (Wildman–Crippen MR) is 119 cm³/mol. The fraction of sp³-hybridized carbons (Fsp3) is 0.250. The van der Waals surface area contributed by atoms with Gasteiger partial charge in [-0.05, 0) is 36.2 Å². The maximum absolute atomic E-state index is 13.0. The van der Waals surface area contributed by atoms with Crippen molar-refractivity contribution in [2.45, 2.75) is 11.8 Å². The highest BCUT2D eigenvalue weighted by molar-refractivity contribution is 6.29. The molecule has 1 aliphatic rings. The van der Waals surface area contributed by atoms with Crippen molar-refractivity contribution in [1.82, 2.24) is 4.98 Å². The van der Waals surface area contributed by atoms with E-state index in [-0.39, 0.29) is 11.8 Å². The molecule has 0 bridgehead atoms. The standard InChI is InChI=1S/C24H23ClN2O4/c1-29-20-9-8-18(13-21(20)30-2)31-15-24(16-6-4-3-5-7-16)14-19(24)23(28)27-17-10-11-26-22(25)12-17/h3-13,19H,14-15H2,1-2H3,(H,26,27,28). The van der Waals surface area contributed by atoms with Crippen LogP contribution in [0.1, 0.15) is 12.0 Å². The van der Waals surface area contributed by atoms with Crippen molar-refractivity contribution in [1.29, 1.82) is 0 Å². The molecule has 1 N–H and O–H groups in total. The first-order valence-electron chi connectivity index (χ1n) is 9.88. The number of methoxy groups -OCH3 is 2. The van der Waals surface area contributed by atoms with Crippen LogP contribution in [0, 0.1) is 5.92 Å². The summed E-state index contributed by atoms with van der Waals surface area (Å²) < 4.78 is 16.8. The molecule has 4 rings (SSSR count). The number of anilines is 1. The summed E-state index contributed by atoms with van der Waals surface area (Å²) in [7, 11) is 3.17. The van der Waals surface area contributed by atoms with Crippen molar-refractivity contribution in [3.8, 4) is 17.2 Å². The molecule has 0 aliphatic heterocycles. The number of ether oxygens (including phenoxy) is 3. The molecule has 1 aromatic heterocycles. The summed E-state index contributed by atoms with van der Waals surface area (Å²) in [6.07, 6.45) is 2.25. The van der Waals surface area contributed by atoms with Gasteiger partial charge in [0, 0.05) is 23.4 Å². The maximum Gasteiger partial charge on any atom is 0.228 e. The van der Waals surface area contributed by atoms with Crippen LogP contribution in [-0.4, -0.2) is 31.7 Å². The number of carbonyl (C=O) groups is 1. The summed E-state index contributed by atoms with van der Waals surface area (Å²) in [6, 6.07) is 18.7. The van der Waals surface area contributed by atoms with Gasteiger partial charge in [0.05, 0.1) is 26.7 Å². The van der Waals surface area contributed by atoms with Crippen LogP contribution in [0.2, 0.25) is 5.15 Å². The lowest BCUT2D eigenvalue weighted by Crippen LogP contribution is -2.26. The van der Waals surface area contributed by atoms with E-state index >= 15 is 0 Å². The molecule has 1 fully saturated rings. The van der Waals surface area contributed by atoms with Crippen LogP contribution in [0.25, 0.3) is 0 Å². The minimum absolute atomic E-state index is 0.0676. The van der Waals surface area contributed by atoms with Crippen molar-refractivity contribution >= 4 is 23.2 Å². The van der Waals surface area contributed by atoms with E-state index in [4.69, 9.17) is 25.8 Å². The van der Waals surface area contributed by atoms with E-state index in [0.717, 1.165) is 5.56 Å². The molecule has 160 valence electrons. The first-order valence-corrected chi connectivity index (χ1v) is 10.3. The van der Waals surface area contributed by atoms with Crippen LogP contribution in [0.3, 0.4) is 0 Å². The van der Waals surface area contributed by atoms with Crippen LogP contribution < -0.4 is 19.5 Å². The first-order chi connectivity index (χ1) is 15.1. The number of halogens is 1. The van der Waals surface area contributed by atoms with Gasteiger partial charge < -0.3 is 19.5 Å². The monoisotopic (exact) mass is 438 g/mol. The van der Waals surface area contributed by atoms with Crippen LogP contribution in [-0.2, 0) is 10.2 Å². The fourth-order valence-electron chi connectivity index (χ4n) is 3.81. The van der Waals surface area contributed by atoms with E-state index in [0.29, 0.717) is 41.1 Å². The molecule has 1 saturated carbocycles. The predicted octanol–water partition coefficient (Wildman–Crippen LogP) is 4.73. The Morgan fingerprint density at radius 1 is 1.10 bits per heavy atom. The fourth-order valence-corrected chi connectivity index (χ4v) is 3.98. The number of rotatable bonds is 8. The van der Waals surface area contributed by atoms with E-state index in [1.165, 1.54) is 0 Å². The largest absolute Gasteiger partial charge is 0.493 e. The average molecular weight is 439 g/mol. The van der Waals surface area contributed by atoms with Crippen molar-refractivity contribution in [3.05, 3.63) is 77.6 Å². The summed E-state index contributed by atoms with van der Waals surface area (Å²) in [5, 5.41) is 3.28. The Labute approximate surface area is 186 Å². The van der Waals surface area contributed by atoms with Gasteiger partial charge in [-0.15, -0.1) is 0 Å². The van der Waals surface area contributed by atoms with Crippen molar-refractivity contribution < 1.29 is 19.0 Å². The van der Waals surface area contributed by atoms with Gasteiger partial charge in [-0.3, -0.25) is 4.79 Å². The van der Waals surface area contributed by atoms with E-state index < -0.39 is 5.41 Å². The van der Waals surface area contributed by atoms with Gasteiger partial charge in [0.25, 0.3) is 0 Å². The number of hydrogen-bond donors (Lipinski definition) is 1. The third-order valence-electron chi connectivity index (χ3n) is 5.59. The quantitative estimate of drug-likeness (QED) is 0.515. The lowest BCUT2D eigenvalue weighted by atomic mass is 9.93. The molecule has 2 unspecified atom stereocenters. The van der Waals surface area contributed by atoms with E-state index in [1.807, 2.05) is 36.4 Å². The molecule has 1 amide bonds. The molecule has 0 saturated heterocycles. The molecule has 6 nitrogen and oxygen atoms in total. The van der Waals surface area contributed by atoms with Crippen LogP contribution in [0.5, 0.6) is 17.2 Å². The summed E-state index contributed by atoms with van der Waals surface area (Å²) in [4.78, 5) is 17.0. The minimum Gasteiger partial charge on any atom is -0.493 e. The molecule has 3 aromatic rings. The lowest BCUT2D eigenvalue weighted by Gasteiger charge is -2.20. The molecule has 1 aliphatic carbocycles. The van der Waals surface area contributed by atoms with Crippen LogP contribution in [0.4, 0.5) is 5.69 Å². The zero-order valence-electron chi connectivity index (χ0n) is 17.3. The number of hydrogen-bond acceptors (Lipinski definition) is 5. The number of pyridine rings is 1. The van der Waals surface area contributed by atoms with Gasteiger partial charge in [0.15, 0.2) is 11.5 Å². The highest BCUT2D eigenvalue weighted by Gasteiger charge is 2.60. The highest BCUT2D eigenvalue weighted by Crippen LogP contribution is 2.55. The Balaban J connectivity index is 1.53. The van der Waals surface area contributed by atoms with E-state index in [9.17, 15) is 4.79 Å². The Bertz CT molecular complexity index is 1080. The number of amides is 1. The van der Waals surface area contributed by atoms with Gasteiger partial charge in [-0.1, -0.05) is 41.9 Å². The molecular weight excluding hydrogens is 416 g/mol. The summed E-state index contributed by atoms with van der Waals surface area (Å²) in [5.41, 5.74) is 1.29. The van der Waals surface area contributed by atoms with Gasteiger partial charge >= 0.3 is 0 Å². The third-order valence-corrected chi connectivity index (χ3v) is 5.79. The molecular formula is C24H23ClN2O4. The van der Waals surface area contributed by atoms with Crippen LogP contribution >= 0.6 is 11.6 Å². The average Bonchev–Trinajstić information content (AvgIpc) is 3.54. The topological polar surface area (TPSA) is 69.7 Å². The molecule has 31 heavy (non-hydrogen) atoms. The zero-order chi connectivity index (χ0) is 21.8. The zero-order valence-corrected chi connectivity index (χ0v) is 18.1. The van der Waals surface area contributed by atoms with Crippen molar-refractivity contribution in [3.63, 3.8) is 0 Å². The molecule has 0 radical (unpaired) electrons. The van der Waals surface area contributed by atoms with Crippen molar-refractivity contribution in [2.75, 3.05) is 26.1 Å². The molecule has 2 atom stereocenters. The lowest BCUT2D eigenvalue weighted by molar-refractivity contribution is -0.117. The summed E-state index contributed by atoms with van der Waals surface area (Å²) in [6.45, 7) is 0.363. The molecule has 1 heterocycles. The minimum atomic E-state index is -0.407. The smallest absolute Gasteiger partial charge is 0.228 e. The molecule has 0 spiro atoms. The Kier molecular flexibility index (Phi) is 6.00. The number of benzene rings is 2. The van der Waals surface area contributed by atoms with Gasteiger partial charge in [-0.2, -0.15) is 0 Å². The van der Waals surface area contributed by atoms with Gasteiger partial charge in [-0.25, -0.2) is 4.98 Å². The van der Waals surface area contributed by atoms with Crippen LogP contribution in [0.15, 0.2) is 66.9 Å². The first kappa shape index (κ1) is 21.0. The second-order valence-corrected chi connectivity index (χ2v) is 7.83. The second kappa shape index (κ2) is 8.86. The normalized spacial score (nSPS) is 19.4. The Hall–Kier alpha value is -3.25. The Morgan fingerprint density at radius 2 is 1.87 bits per heavy atom. The second-order valence-electron chi connectivity index (χ2n) is 7.44. The molecule has 7 heteroatoms. The molecule has 2 aromatic carbocycles. The van der Waals surface area contributed by atoms with Gasteiger partial charge in [0.2, 0.25) is 5.91 Å². The number of nitrogens with zero attached hydrogens (tertiary/aromatic N) is 1. The number of carbonyl (C=O) groups excluding carboxylic acids is 1. The summed E-state index contributed by atoms with van der Waals surface area (Å²) >= 11 is 5.94. The maximum atomic E-state index is 13.0. The number of aromatic nitrogens is 1. The van der Waals surface area contributed by atoms with E-state index in [2.05, 4.69) is 10.3 Å². The SMILES string of the molecule is COc1ccc(OCC2(c3ccccc3)CC2C(=O)Nc2ccnc(Cl)c2)cc1OC. The van der Waals surface area contributed by atoms with Gasteiger partial charge in [0.1, 0.15) is 10.9 Å². The van der Waals surface area contributed by atoms with E-state index in [1.54, 1.807) is 44.7 Å². The summed E-state index contributed by atoms with van der Waals surface area (Å²) in [5.74, 6) is 1.59.